The fourth-order valence-corrected chi connectivity index (χ4v) is 3.19. The van der Waals surface area contributed by atoms with E-state index < -0.39 is 0 Å². The van der Waals surface area contributed by atoms with Crippen molar-refractivity contribution in [2.75, 3.05) is 19.6 Å². The van der Waals surface area contributed by atoms with Crippen LogP contribution in [0.15, 0.2) is 41.0 Å². The van der Waals surface area contributed by atoms with Crippen LogP contribution < -0.4 is 10.6 Å². The Kier molecular flexibility index (Phi) is 6.43. The molecule has 1 fully saturated rings. The first-order valence-electron chi connectivity index (χ1n) is 7.86. The van der Waals surface area contributed by atoms with Crippen molar-refractivity contribution >= 4 is 34.2 Å². The Morgan fingerprint density at radius 2 is 2.12 bits per heavy atom. The molecular weight excluding hydrogens is 392 g/mol. The van der Waals surface area contributed by atoms with Crippen molar-refractivity contribution in [2.45, 2.75) is 19.8 Å². The van der Waals surface area contributed by atoms with E-state index in [1.54, 1.807) is 10.7 Å². The molecular formula is C17H22BrClN4O. The van der Waals surface area contributed by atoms with E-state index in [-0.39, 0.29) is 23.7 Å². The lowest BCUT2D eigenvalue weighted by molar-refractivity contribution is 0.0917. The standard InChI is InChI=1S/C17H21BrN4O.ClH/c1-17(6-8-19-9-7-17)12-20-16(23)15-5-10-22(21-15)14-4-2-3-13(18)11-14;/h2-5,10-11,19H,6-9,12H2,1H3,(H,20,23);1H. The summed E-state index contributed by atoms with van der Waals surface area (Å²) in [5, 5.41) is 10.8. The monoisotopic (exact) mass is 412 g/mol. The van der Waals surface area contributed by atoms with Crippen LogP contribution >= 0.6 is 28.3 Å². The minimum absolute atomic E-state index is 0. The van der Waals surface area contributed by atoms with Crippen LogP contribution in [-0.4, -0.2) is 35.3 Å². The number of hydrogen-bond donors (Lipinski definition) is 2. The van der Waals surface area contributed by atoms with E-state index in [1.807, 2.05) is 30.5 Å². The molecule has 1 aliphatic rings. The van der Waals surface area contributed by atoms with Crippen LogP contribution in [0.2, 0.25) is 0 Å². The fourth-order valence-electron chi connectivity index (χ4n) is 2.80. The van der Waals surface area contributed by atoms with Crippen molar-refractivity contribution in [2.24, 2.45) is 5.41 Å². The number of nitrogens with zero attached hydrogens (tertiary/aromatic N) is 2. The first-order chi connectivity index (χ1) is 11.1. The van der Waals surface area contributed by atoms with Crippen LogP contribution in [0.1, 0.15) is 30.3 Å². The molecule has 0 bridgehead atoms. The van der Waals surface area contributed by atoms with Crippen LogP contribution in [0.4, 0.5) is 0 Å². The van der Waals surface area contributed by atoms with Crippen molar-refractivity contribution in [1.29, 1.82) is 0 Å². The van der Waals surface area contributed by atoms with E-state index in [9.17, 15) is 4.79 Å². The van der Waals surface area contributed by atoms with Crippen LogP contribution in [0.3, 0.4) is 0 Å². The molecule has 0 aliphatic carbocycles. The predicted molar refractivity (Wildman–Crippen MR) is 101 cm³/mol. The van der Waals surface area contributed by atoms with Gasteiger partial charge in [0.15, 0.2) is 5.69 Å². The van der Waals surface area contributed by atoms with Crippen LogP contribution in [0.25, 0.3) is 5.69 Å². The molecule has 3 rings (SSSR count). The van der Waals surface area contributed by atoms with Crippen LogP contribution in [-0.2, 0) is 0 Å². The third-order valence-electron chi connectivity index (χ3n) is 4.38. The van der Waals surface area contributed by atoms with Crippen molar-refractivity contribution < 1.29 is 4.79 Å². The first-order valence-corrected chi connectivity index (χ1v) is 8.66. The molecule has 1 aliphatic heterocycles. The number of carbonyl (C=O) groups excluding carboxylic acids is 1. The van der Waals surface area contributed by atoms with E-state index in [2.05, 4.69) is 38.6 Å². The second-order valence-corrected chi connectivity index (χ2v) is 7.28. The number of halogens is 2. The second-order valence-electron chi connectivity index (χ2n) is 6.37. The van der Waals surface area contributed by atoms with Gasteiger partial charge in [0, 0.05) is 17.2 Å². The van der Waals surface area contributed by atoms with Gasteiger partial charge in [0.2, 0.25) is 0 Å². The number of hydrogen-bond acceptors (Lipinski definition) is 3. The summed E-state index contributed by atoms with van der Waals surface area (Å²) in [7, 11) is 0. The maximum atomic E-state index is 12.3. The third-order valence-corrected chi connectivity index (χ3v) is 4.87. The molecule has 2 aromatic rings. The Labute approximate surface area is 156 Å². The van der Waals surface area contributed by atoms with E-state index in [1.165, 1.54) is 0 Å². The molecule has 1 aromatic heterocycles. The quantitative estimate of drug-likeness (QED) is 0.809. The smallest absolute Gasteiger partial charge is 0.271 e. The predicted octanol–water partition coefficient (Wildman–Crippen LogP) is 3.18. The molecule has 2 heterocycles. The summed E-state index contributed by atoms with van der Waals surface area (Å²) in [6.45, 7) is 4.96. The molecule has 2 N–H and O–H groups in total. The SMILES string of the molecule is CC1(CNC(=O)c2ccn(-c3cccc(Br)c3)n2)CCNCC1.Cl. The van der Waals surface area contributed by atoms with E-state index in [0.717, 1.165) is 36.1 Å². The van der Waals surface area contributed by atoms with Gasteiger partial charge in [-0.1, -0.05) is 28.9 Å². The number of carbonyl (C=O) groups is 1. The first kappa shape index (κ1) is 19.0. The number of rotatable bonds is 4. The summed E-state index contributed by atoms with van der Waals surface area (Å²) in [5.74, 6) is -0.112. The van der Waals surface area contributed by atoms with Gasteiger partial charge in [0.1, 0.15) is 0 Å². The fraction of sp³-hybridized carbons (Fsp3) is 0.412. The number of nitrogens with one attached hydrogen (secondary N) is 2. The molecule has 7 heteroatoms. The van der Waals surface area contributed by atoms with Crippen molar-refractivity contribution in [3.63, 3.8) is 0 Å². The molecule has 1 saturated heterocycles. The van der Waals surface area contributed by atoms with Crippen molar-refractivity contribution in [1.82, 2.24) is 20.4 Å². The molecule has 5 nitrogen and oxygen atoms in total. The number of aromatic nitrogens is 2. The van der Waals surface area contributed by atoms with E-state index in [4.69, 9.17) is 0 Å². The van der Waals surface area contributed by atoms with Gasteiger partial charge in [-0.25, -0.2) is 4.68 Å². The molecule has 0 atom stereocenters. The van der Waals surface area contributed by atoms with Crippen LogP contribution in [0, 0.1) is 5.41 Å². The second kappa shape index (κ2) is 8.14. The summed E-state index contributed by atoms with van der Waals surface area (Å²) < 4.78 is 2.70. The summed E-state index contributed by atoms with van der Waals surface area (Å²) in [4.78, 5) is 12.3. The molecule has 130 valence electrons. The Bertz CT molecular complexity index is 697. The van der Waals surface area contributed by atoms with Crippen molar-refractivity contribution in [3.05, 3.63) is 46.7 Å². The summed E-state index contributed by atoms with van der Waals surface area (Å²) in [6.07, 6.45) is 3.97. The molecule has 0 unspecified atom stereocenters. The molecule has 1 amide bonds. The normalized spacial score (nSPS) is 16.2. The number of amides is 1. The van der Waals surface area contributed by atoms with Gasteiger partial charge < -0.3 is 10.6 Å². The lowest BCUT2D eigenvalue weighted by atomic mass is 9.81. The molecule has 24 heavy (non-hydrogen) atoms. The van der Waals surface area contributed by atoms with Gasteiger partial charge in [-0.2, -0.15) is 5.10 Å². The Morgan fingerprint density at radius 3 is 2.83 bits per heavy atom. The van der Waals surface area contributed by atoms with Gasteiger partial charge in [-0.05, 0) is 55.6 Å². The largest absolute Gasteiger partial charge is 0.350 e. The molecule has 0 spiro atoms. The average molecular weight is 414 g/mol. The third kappa shape index (κ3) is 4.59. The van der Waals surface area contributed by atoms with Gasteiger partial charge in [0.25, 0.3) is 5.91 Å². The highest BCUT2D eigenvalue weighted by Crippen LogP contribution is 2.26. The highest BCUT2D eigenvalue weighted by Gasteiger charge is 2.27. The van der Waals surface area contributed by atoms with Crippen molar-refractivity contribution in [3.8, 4) is 5.69 Å². The lowest BCUT2D eigenvalue weighted by Gasteiger charge is -2.34. The minimum Gasteiger partial charge on any atom is -0.350 e. The summed E-state index contributed by atoms with van der Waals surface area (Å²) in [5.41, 5.74) is 1.54. The van der Waals surface area contributed by atoms with Gasteiger partial charge in [-0.15, -0.1) is 12.4 Å². The Hall–Kier alpha value is -1.37. The van der Waals surface area contributed by atoms with Gasteiger partial charge >= 0.3 is 0 Å². The zero-order chi connectivity index (χ0) is 16.3. The summed E-state index contributed by atoms with van der Waals surface area (Å²) in [6, 6.07) is 9.57. The summed E-state index contributed by atoms with van der Waals surface area (Å²) >= 11 is 3.44. The topological polar surface area (TPSA) is 59.0 Å². The zero-order valence-electron chi connectivity index (χ0n) is 13.6. The number of piperidine rings is 1. The molecule has 1 aromatic carbocycles. The Morgan fingerprint density at radius 1 is 1.38 bits per heavy atom. The highest BCUT2D eigenvalue weighted by molar-refractivity contribution is 9.10. The molecule has 0 radical (unpaired) electrons. The van der Waals surface area contributed by atoms with Gasteiger partial charge in [-0.3, -0.25) is 4.79 Å². The maximum absolute atomic E-state index is 12.3. The van der Waals surface area contributed by atoms with E-state index in [0.29, 0.717) is 12.2 Å². The molecule has 0 saturated carbocycles. The lowest BCUT2D eigenvalue weighted by Crippen LogP contribution is -2.43. The zero-order valence-corrected chi connectivity index (χ0v) is 16.0. The van der Waals surface area contributed by atoms with E-state index >= 15 is 0 Å². The van der Waals surface area contributed by atoms with Crippen LogP contribution in [0.5, 0.6) is 0 Å². The average Bonchev–Trinajstić information content (AvgIpc) is 3.03. The minimum atomic E-state index is -0.112. The highest BCUT2D eigenvalue weighted by atomic mass is 79.9. The Balaban J connectivity index is 0.00000208. The van der Waals surface area contributed by atoms with Gasteiger partial charge in [0.05, 0.1) is 5.69 Å². The number of benzene rings is 1. The maximum Gasteiger partial charge on any atom is 0.271 e.